The summed E-state index contributed by atoms with van der Waals surface area (Å²) in [5, 5.41) is 13.2. The summed E-state index contributed by atoms with van der Waals surface area (Å²) < 4.78 is 2.12. The topological polar surface area (TPSA) is 50.1 Å². The van der Waals surface area contributed by atoms with Gasteiger partial charge in [0.25, 0.3) is 0 Å². The van der Waals surface area contributed by atoms with Crippen molar-refractivity contribution in [1.29, 1.82) is 0 Å². The molecule has 1 fully saturated rings. The molecule has 1 saturated heterocycles. The maximum absolute atomic E-state index is 9.70. The lowest BCUT2D eigenvalue weighted by Crippen LogP contribution is -2.37. The van der Waals surface area contributed by atoms with Crippen molar-refractivity contribution in [2.75, 3.05) is 6.54 Å². The van der Waals surface area contributed by atoms with E-state index >= 15 is 0 Å². The molecule has 0 aliphatic carbocycles. The fourth-order valence-electron chi connectivity index (χ4n) is 2.54. The van der Waals surface area contributed by atoms with Crippen LogP contribution >= 0.6 is 0 Å². The second-order valence-electron chi connectivity index (χ2n) is 4.69. The van der Waals surface area contributed by atoms with Crippen LogP contribution in [0.3, 0.4) is 0 Å². The largest absolute Gasteiger partial charge is 0.506 e. The molecule has 1 aromatic carbocycles. The fraction of sp³-hybridized carbons (Fsp3) is 0.462. The molecule has 1 aliphatic rings. The molecule has 17 heavy (non-hydrogen) atoms. The van der Waals surface area contributed by atoms with Crippen LogP contribution in [0.1, 0.15) is 19.3 Å². The average Bonchev–Trinajstić information content (AvgIpc) is 2.76. The molecule has 0 bridgehead atoms. The number of aromatic hydroxyl groups is 1. The highest BCUT2D eigenvalue weighted by Gasteiger charge is 2.14. The van der Waals surface area contributed by atoms with Crippen molar-refractivity contribution in [2.45, 2.75) is 31.8 Å². The van der Waals surface area contributed by atoms with E-state index in [0.29, 0.717) is 11.6 Å². The Kier molecular flexibility index (Phi) is 2.73. The molecule has 2 heterocycles. The molecule has 0 spiro atoms. The Hall–Kier alpha value is -1.55. The summed E-state index contributed by atoms with van der Waals surface area (Å²) in [6, 6.07) is 6.08. The molecule has 1 atom stereocenters. The lowest BCUT2D eigenvalue weighted by Gasteiger charge is -2.23. The van der Waals surface area contributed by atoms with Gasteiger partial charge in [-0.05, 0) is 31.5 Å². The number of fused-ring (bicyclic) bond motifs is 1. The Morgan fingerprint density at radius 3 is 3.18 bits per heavy atom. The van der Waals surface area contributed by atoms with Gasteiger partial charge in [-0.2, -0.15) is 0 Å². The number of benzene rings is 1. The highest BCUT2D eigenvalue weighted by Crippen LogP contribution is 2.23. The second kappa shape index (κ2) is 4.37. The van der Waals surface area contributed by atoms with E-state index in [1.807, 2.05) is 18.5 Å². The van der Waals surface area contributed by atoms with Gasteiger partial charge in [0.15, 0.2) is 0 Å². The van der Waals surface area contributed by atoms with Crippen molar-refractivity contribution in [1.82, 2.24) is 14.9 Å². The number of rotatable bonds is 2. The molecule has 0 radical (unpaired) electrons. The zero-order valence-electron chi connectivity index (χ0n) is 9.76. The number of hydrogen-bond donors (Lipinski definition) is 2. The van der Waals surface area contributed by atoms with Crippen molar-refractivity contribution >= 4 is 11.0 Å². The minimum Gasteiger partial charge on any atom is -0.506 e. The molecule has 90 valence electrons. The number of para-hydroxylation sites is 1. The minimum absolute atomic E-state index is 0.262. The smallest absolute Gasteiger partial charge is 0.143 e. The van der Waals surface area contributed by atoms with Crippen molar-refractivity contribution < 1.29 is 5.11 Å². The Labute approximate surface area is 100 Å². The predicted octanol–water partition coefficient (Wildman–Crippen LogP) is 1.88. The van der Waals surface area contributed by atoms with Gasteiger partial charge >= 0.3 is 0 Å². The van der Waals surface area contributed by atoms with E-state index < -0.39 is 0 Å². The quantitative estimate of drug-likeness (QED) is 0.829. The molecule has 1 aromatic heterocycles. The number of piperidine rings is 1. The van der Waals surface area contributed by atoms with Crippen LogP contribution in [0, 0.1) is 0 Å². The van der Waals surface area contributed by atoms with Crippen LogP contribution in [0.4, 0.5) is 0 Å². The Bertz CT molecular complexity index is 514. The van der Waals surface area contributed by atoms with Crippen LogP contribution in [0.15, 0.2) is 24.5 Å². The first-order chi connectivity index (χ1) is 8.34. The van der Waals surface area contributed by atoms with Crippen molar-refractivity contribution in [2.24, 2.45) is 0 Å². The van der Waals surface area contributed by atoms with Gasteiger partial charge in [0.2, 0.25) is 0 Å². The van der Waals surface area contributed by atoms with Crippen LogP contribution in [0.5, 0.6) is 5.75 Å². The maximum Gasteiger partial charge on any atom is 0.143 e. The average molecular weight is 231 g/mol. The van der Waals surface area contributed by atoms with Crippen molar-refractivity contribution in [3.05, 3.63) is 24.5 Å². The molecule has 3 rings (SSSR count). The molecule has 0 amide bonds. The number of aromatic nitrogens is 2. The van der Waals surface area contributed by atoms with E-state index in [2.05, 4.69) is 14.9 Å². The van der Waals surface area contributed by atoms with E-state index in [1.165, 1.54) is 19.3 Å². The van der Waals surface area contributed by atoms with E-state index in [9.17, 15) is 5.11 Å². The molecular formula is C13H17N3O. The number of phenolic OH excluding ortho intramolecular Hbond substituents is 1. The first-order valence-electron chi connectivity index (χ1n) is 6.21. The molecule has 1 aliphatic heterocycles. The maximum atomic E-state index is 9.70. The van der Waals surface area contributed by atoms with Crippen LogP contribution in [0.2, 0.25) is 0 Å². The third-order valence-electron chi connectivity index (χ3n) is 3.46. The first-order valence-corrected chi connectivity index (χ1v) is 6.21. The lowest BCUT2D eigenvalue weighted by atomic mass is 10.1. The molecule has 2 aromatic rings. The van der Waals surface area contributed by atoms with Crippen LogP contribution in [-0.4, -0.2) is 27.2 Å². The summed E-state index contributed by atoms with van der Waals surface area (Å²) in [6.45, 7) is 2.04. The number of nitrogens with zero attached hydrogens (tertiary/aromatic N) is 2. The minimum atomic E-state index is 0.262. The summed E-state index contributed by atoms with van der Waals surface area (Å²) in [4.78, 5) is 4.27. The highest BCUT2D eigenvalue weighted by atomic mass is 16.3. The van der Waals surface area contributed by atoms with E-state index in [-0.39, 0.29) is 5.75 Å². The number of nitrogens with one attached hydrogen (secondary N) is 1. The van der Waals surface area contributed by atoms with E-state index in [1.54, 1.807) is 6.07 Å². The van der Waals surface area contributed by atoms with Crippen LogP contribution in [0.25, 0.3) is 11.0 Å². The fourth-order valence-corrected chi connectivity index (χ4v) is 2.54. The monoisotopic (exact) mass is 231 g/mol. The van der Waals surface area contributed by atoms with Gasteiger partial charge in [0, 0.05) is 12.6 Å². The molecule has 2 N–H and O–H groups in total. The standard InChI is InChI=1S/C13H17N3O/c17-12-6-3-5-11-13(12)15-9-16(11)8-10-4-1-2-7-14-10/h3,5-6,9-10,14,17H,1-2,4,7-8H2. The van der Waals surface area contributed by atoms with Crippen molar-refractivity contribution in [3.8, 4) is 5.75 Å². The SMILES string of the molecule is Oc1cccc2c1ncn2CC1CCCCN1. The number of imidazole rings is 1. The second-order valence-corrected chi connectivity index (χ2v) is 4.69. The Morgan fingerprint density at radius 2 is 2.35 bits per heavy atom. The number of hydrogen-bond acceptors (Lipinski definition) is 3. The van der Waals surface area contributed by atoms with Crippen LogP contribution < -0.4 is 5.32 Å². The normalized spacial score (nSPS) is 20.8. The van der Waals surface area contributed by atoms with Crippen LogP contribution in [-0.2, 0) is 6.54 Å². The van der Waals surface area contributed by atoms with Gasteiger partial charge < -0.3 is 15.0 Å². The number of phenols is 1. The summed E-state index contributed by atoms with van der Waals surface area (Å²) >= 11 is 0. The predicted molar refractivity (Wildman–Crippen MR) is 67.0 cm³/mol. The van der Waals surface area contributed by atoms with Gasteiger partial charge in [0.1, 0.15) is 11.3 Å². The highest BCUT2D eigenvalue weighted by molar-refractivity contribution is 5.81. The molecule has 1 unspecified atom stereocenters. The first kappa shape index (κ1) is 10.6. The lowest BCUT2D eigenvalue weighted by molar-refractivity contribution is 0.366. The summed E-state index contributed by atoms with van der Waals surface area (Å²) in [5.41, 5.74) is 1.71. The van der Waals surface area contributed by atoms with Gasteiger partial charge in [-0.1, -0.05) is 12.5 Å². The zero-order chi connectivity index (χ0) is 11.7. The summed E-state index contributed by atoms with van der Waals surface area (Å²) in [7, 11) is 0. The Balaban J connectivity index is 1.87. The Morgan fingerprint density at radius 1 is 1.41 bits per heavy atom. The van der Waals surface area contributed by atoms with E-state index in [0.717, 1.165) is 18.6 Å². The van der Waals surface area contributed by atoms with E-state index in [4.69, 9.17) is 0 Å². The molecular weight excluding hydrogens is 214 g/mol. The van der Waals surface area contributed by atoms with Gasteiger partial charge in [-0.25, -0.2) is 4.98 Å². The van der Waals surface area contributed by atoms with Crippen molar-refractivity contribution in [3.63, 3.8) is 0 Å². The third kappa shape index (κ3) is 2.00. The van der Waals surface area contributed by atoms with Gasteiger partial charge in [-0.3, -0.25) is 0 Å². The molecule has 4 nitrogen and oxygen atoms in total. The molecule has 0 saturated carbocycles. The van der Waals surface area contributed by atoms with Gasteiger partial charge in [0.05, 0.1) is 11.8 Å². The molecule has 4 heteroatoms. The third-order valence-corrected chi connectivity index (χ3v) is 3.46. The summed E-state index contributed by atoms with van der Waals surface area (Å²) in [6.07, 6.45) is 5.62. The summed E-state index contributed by atoms with van der Waals surface area (Å²) in [5.74, 6) is 0.262. The zero-order valence-corrected chi connectivity index (χ0v) is 9.76. The van der Waals surface area contributed by atoms with Gasteiger partial charge in [-0.15, -0.1) is 0 Å².